The van der Waals surface area contributed by atoms with E-state index in [4.69, 9.17) is 20.2 Å². The molecule has 7 heteroatoms. The molecule has 2 aromatic carbocycles. The van der Waals surface area contributed by atoms with Crippen LogP contribution < -0.4 is 10.5 Å². The second-order valence-electron chi connectivity index (χ2n) is 9.03. The van der Waals surface area contributed by atoms with E-state index in [1.807, 2.05) is 36.4 Å². The third-order valence-electron chi connectivity index (χ3n) is 6.96. The van der Waals surface area contributed by atoms with Gasteiger partial charge in [0.05, 0.1) is 0 Å². The molecule has 2 N–H and O–H groups in total. The van der Waals surface area contributed by atoms with Crippen molar-refractivity contribution in [3.05, 3.63) is 71.8 Å². The summed E-state index contributed by atoms with van der Waals surface area (Å²) < 4.78 is 11.9. The van der Waals surface area contributed by atoms with Crippen LogP contribution in [-0.2, 0) is 10.3 Å². The molecule has 6 rings (SSSR count). The summed E-state index contributed by atoms with van der Waals surface area (Å²) in [5, 5.41) is 0. The molecule has 3 heterocycles. The zero-order valence-corrected chi connectivity index (χ0v) is 18.2. The van der Waals surface area contributed by atoms with Crippen molar-refractivity contribution in [1.29, 1.82) is 0 Å². The molecule has 1 aliphatic carbocycles. The number of Topliss-reactive ketones (excluding diaryl/α,β-unsaturated/α-hetero) is 1. The summed E-state index contributed by atoms with van der Waals surface area (Å²) >= 11 is 0. The molecule has 1 spiro atoms. The maximum absolute atomic E-state index is 13.1. The third kappa shape index (κ3) is 3.35. The second kappa shape index (κ2) is 7.69. The van der Waals surface area contributed by atoms with Gasteiger partial charge in [0.15, 0.2) is 11.3 Å². The van der Waals surface area contributed by atoms with E-state index in [9.17, 15) is 4.79 Å². The van der Waals surface area contributed by atoms with E-state index in [2.05, 4.69) is 9.97 Å². The maximum atomic E-state index is 13.1. The van der Waals surface area contributed by atoms with E-state index in [-0.39, 0.29) is 18.4 Å². The van der Waals surface area contributed by atoms with Crippen LogP contribution >= 0.6 is 0 Å². The van der Waals surface area contributed by atoms with Crippen molar-refractivity contribution in [1.82, 2.24) is 9.97 Å². The average molecular weight is 441 g/mol. The Morgan fingerprint density at radius 3 is 2.45 bits per heavy atom. The molecule has 0 amide bonds. The van der Waals surface area contributed by atoms with E-state index < -0.39 is 5.54 Å². The molecule has 0 saturated heterocycles. The lowest BCUT2D eigenvalue weighted by Gasteiger charge is -2.34. The Kier molecular flexibility index (Phi) is 4.64. The van der Waals surface area contributed by atoms with Crippen molar-refractivity contribution in [3.63, 3.8) is 0 Å². The van der Waals surface area contributed by atoms with Gasteiger partial charge in [-0.25, -0.2) is 15.0 Å². The summed E-state index contributed by atoms with van der Waals surface area (Å²) in [4.78, 5) is 26.1. The first-order valence-corrected chi connectivity index (χ1v) is 11.4. The number of rotatable bonds is 4. The maximum Gasteiger partial charge on any atom is 0.283 e. The van der Waals surface area contributed by atoms with Gasteiger partial charge in [-0.3, -0.25) is 4.79 Å². The van der Waals surface area contributed by atoms with Crippen LogP contribution in [0.3, 0.4) is 0 Å². The normalized spacial score (nSPS) is 21.2. The van der Waals surface area contributed by atoms with Crippen molar-refractivity contribution in [2.45, 2.75) is 37.6 Å². The molecule has 33 heavy (non-hydrogen) atoms. The molecule has 0 unspecified atom stereocenters. The van der Waals surface area contributed by atoms with Crippen molar-refractivity contribution in [2.24, 2.45) is 16.6 Å². The zero-order chi connectivity index (χ0) is 22.4. The van der Waals surface area contributed by atoms with Crippen molar-refractivity contribution in [2.75, 3.05) is 6.61 Å². The number of amidine groups is 1. The molecule has 2 aliphatic heterocycles. The van der Waals surface area contributed by atoms with E-state index in [1.54, 1.807) is 12.4 Å². The molecule has 166 valence electrons. The fourth-order valence-electron chi connectivity index (χ4n) is 5.25. The van der Waals surface area contributed by atoms with Gasteiger partial charge in [0.2, 0.25) is 0 Å². The number of benzene rings is 2. The number of nitrogens with zero attached hydrogens (tertiary/aromatic N) is 3. The molecular weight excluding hydrogens is 416 g/mol. The molecule has 1 aromatic heterocycles. The van der Waals surface area contributed by atoms with Crippen LogP contribution in [0.1, 0.15) is 53.6 Å². The molecule has 1 fully saturated rings. The molecule has 3 aromatic rings. The average Bonchev–Trinajstić information content (AvgIpc) is 3.50. The Bertz CT molecular complexity index is 1270. The Balaban J connectivity index is 1.45. The minimum absolute atomic E-state index is 0.130. The molecule has 7 nitrogen and oxygen atoms in total. The summed E-state index contributed by atoms with van der Waals surface area (Å²) in [6.07, 6.45) is 10.3. The van der Waals surface area contributed by atoms with Crippen molar-refractivity contribution < 1.29 is 14.3 Å². The molecule has 1 atom stereocenters. The molecule has 0 radical (unpaired) electrons. The minimum Gasteiger partial charge on any atom is -0.462 e. The number of aromatic nitrogens is 2. The Hall–Kier alpha value is -3.74. The highest BCUT2D eigenvalue weighted by Gasteiger charge is 2.47. The molecule has 3 aliphatic rings. The predicted molar refractivity (Wildman–Crippen MR) is 123 cm³/mol. The predicted octanol–water partition coefficient (Wildman–Crippen LogP) is 4.60. The van der Waals surface area contributed by atoms with Gasteiger partial charge in [0.1, 0.15) is 24.4 Å². The first-order chi connectivity index (χ1) is 16.1. The summed E-state index contributed by atoms with van der Waals surface area (Å²) in [7, 11) is 0. The van der Waals surface area contributed by atoms with Crippen LogP contribution in [0.15, 0.2) is 60.1 Å². The fourth-order valence-corrected chi connectivity index (χ4v) is 5.25. The largest absolute Gasteiger partial charge is 0.462 e. The smallest absolute Gasteiger partial charge is 0.283 e. The molecular formula is C26H24N4O3. The fraction of sp³-hybridized carbons (Fsp3) is 0.308. The van der Waals surface area contributed by atoms with E-state index in [0.29, 0.717) is 29.4 Å². The number of fused-ring (bicyclic) bond motifs is 4. The number of ether oxygens (including phenoxy) is 2. The number of carbonyl (C=O) groups is 1. The van der Waals surface area contributed by atoms with Crippen LogP contribution in [0, 0.1) is 5.92 Å². The number of aliphatic imine (C=N–C) groups is 1. The number of ketones is 1. The molecule has 0 bridgehead atoms. The first-order valence-electron chi connectivity index (χ1n) is 11.4. The monoisotopic (exact) mass is 440 g/mol. The first kappa shape index (κ1) is 19.9. The van der Waals surface area contributed by atoms with Crippen LogP contribution in [-0.4, -0.2) is 28.4 Å². The lowest BCUT2D eigenvalue weighted by molar-refractivity contribution is 0.0962. The Morgan fingerprint density at radius 2 is 1.73 bits per heavy atom. The number of hydrogen-bond acceptors (Lipinski definition) is 7. The lowest BCUT2D eigenvalue weighted by Crippen LogP contribution is -2.31. The topological polar surface area (TPSA) is 99.7 Å². The number of hydrogen-bond donors (Lipinski definition) is 1. The standard InChI is InChI=1S/C26H24N4O3/c27-25-30-26(14-32-25)20-10-17(19-12-28-15-29-13-19)5-7-23(20)33-24-8-6-18(11-21(24)26)22(31)9-16-3-1-2-4-16/h5-8,10-13,15-16H,1-4,9,14H2,(H2,27,30)/t26-/m0/s1. The highest BCUT2D eigenvalue weighted by atomic mass is 16.5. The van der Waals surface area contributed by atoms with Crippen LogP contribution in [0.2, 0.25) is 0 Å². The van der Waals surface area contributed by atoms with Gasteiger partial charge in [0.25, 0.3) is 6.02 Å². The SMILES string of the molecule is NC1=N[C@]2(CO1)c1cc(C(=O)CC3CCCC3)ccc1Oc1ccc(-c3cncnc3)cc12. The van der Waals surface area contributed by atoms with Crippen molar-refractivity contribution in [3.8, 4) is 22.6 Å². The Labute approximate surface area is 191 Å². The number of carbonyl (C=O) groups excluding carboxylic acids is 1. The van der Waals surface area contributed by atoms with Gasteiger partial charge in [0, 0.05) is 41.1 Å². The van der Waals surface area contributed by atoms with Gasteiger partial charge in [-0.1, -0.05) is 31.7 Å². The lowest BCUT2D eigenvalue weighted by atomic mass is 9.79. The van der Waals surface area contributed by atoms with Crippen LogP contribution in [0.5, 0.6) is 11.5 Å². The second-order valence-corrected chi connectivity index (χ2v) is 9.03. The van der Waals surface area contributed by atoms with Gasteiger partial charge >= 0.3 is 0 Å². The van der Waals surface area contributed by atoms with E-state index >= 15 is 0 Å². The van der Waals surface area contributed by atoms with E-state index in [0.717, 1.165) is 35.1 Å². The Morgan fingerprint density at radius 1 is 1.00 bits per heavy atom. The summed E-state index contributed by atoms with van der Waals surface area (Å²) in [5.74, 6) is 2.00. The van der Waals surface area contributed by atoms with Crippen molar-refractivity contribution >= 4 is 11.8 Å². The van der Waals surface area contributed by atoms with E-state index in [1.165, 1.54) is 19.2 Å². The van der Waals surface area contributed by atoms with Gasteiger partial charge in [-0.15, -0.1) is 0 Å². The van der Waals surface area contributed by atoms with Gasteiger partial charge in [-0.2, -0.15) is 0 Å². The summed E-state index contributed by atoms with van der Waals surface area (Å²) in [6, 6.07) is 11.7. The summed E-state index contributed by atoms with van der Waals surface area (Å²) in [5.41, 5.74) is 9.29. The van der Waals surface area contributed by atoms with Crippen LogP contribution in [0.25, 0.3) is 11.1 Å². The number of nitrogens with two attached hydrogens (primary N) is 1. The zero-order valence-electron chi connectivity index (χ0n) is 18.2. The third-order valence-corrected chi connectivity index (χ3v) is 6.96. The minimum atomic E-state index is -0.873. The van der Waals surface area contributed by atoms with Crippen LogP contribution in [0.4, 0.5) is 0 Å². The van der Waals surface area contributed by atoms with Gasteiger partial charge in [-0.05, 0) is 41.8 Å². The highest BCUT2D eigenvalue weighted by Crippen LogP contribution is 2.52. The quantitative estimate of drug-likeness (QED) is 0.595. The molecule has 1 saturated carbocycles. The summed E-state index contributed by atoms with van der Waals surface area (Å²) in [6.45, 7) is 0.247. The van der Waals surface area contributed by atoms with Gasteiger partial charge < -0.3 is 15.2 Å². The highest BCUT2D eigenvalue weighted by molar-refractivity contribution is 5.97.